The van der Waals surface area contributed by atoms with Crippen molar-refractivity contribution in [1.82, 2.24) is 4.98 Å². The molecule has 0 radical (unpaired) electrons. The van der Waals surface area contributed by atoms with Crippen LogP contribution in [0.15, 0.2) is 12.1 Å². The first-order valence-corrected chi connectivity index (χ1v) is 4.98. The molecule has 16 heavy (non-hydrogen) atoms. The second-order valence-electron chi connectivity index (χ2n) is 3.25. The molecule has 0 fully saturated rings. The van der Waals surface area contributed by atoms with Crippen molar-refractivity contribution in [2.24, 2.45) is 0 Å². The summed E-state index contributed by atoms with van der Waals surface area (Å²) in [4.78, 5) is 3.86. The van der Waals surface area contributed by atoms with Crippen LogP contribution in [-0.2, 0) is 0 Å². The molecule has 0 saturated carbocycles. The molecule has 3 N–H and O–H groups in total. The minimum absolute atomic E-state index is 0.0163. The third-order valence-corrected chi connectivity index (χ3v) is 1.95. The van der Waals surface area contributed by atoms with Crippen LogP contribution in [0.3, 0.4) is 0 Å². The van der Waals surface area contributed by atoms with Crippen molar-refractivity contribution in [1.29, 1.82) is 0 Å². The third kappa shape index (κ3) is 5.06. The van der Waals surface area contributed by atoms with Gasteiger partial charge in [-0.2, -0.15) is 13.2 Å². The lowest BCUT2D eigenvalue weighted by molar-refractivity contribution is -0.134. The summed E-state index contributed by atoms with van der Waals surface area (Å²) in [6, 6.07) is 2.97. The standard InChI is InChI=1S/C9H11ClF3N3/c10-7-4-6(14)5-8(16-7)15-3-1-2-9(11,12)13/h4-5H,1-3H2,(H3,14,15,16). The highest BCUT2D eigenvalue weighted by Gasteiger charge is 2.25. The van der Waals surface area contributed by atoms with E-state index in [1.165, 1.54) is 12.1 Å². The third-order valence-electron chi connectivity index (χ3n) is 1.76. The molecule has 3 nitrogen and oxygen atoms in total. The van der Waals surface area contributed by atoms with E-state index in [1.807, 2.05) is 0 Å². The van der Waals surface area contributed by atoms with Crippen molar-refractivity contribution < 1.29 is 13.2 Å². The van der Waals surface area contributed by atoms with Gasteiger partial charge in [-0.15, -0.1) is 0 Å². The zero-order valence-corrected chi connectivity index (χ0v) is 9.07. The number of anilines is 2. The maximum absolute atomic E-state index is 11.8. The van der Waals surface area contributed by atoms with Gasteiger partial charge in [0.1, 0.15) is 11.0 Å². The Bertz CT molecular complexity index is 334. The Hall–Kier alpha value is -1.17. The molecule has 0 aliphatic heterocycles. The Morgan fingerprint density at radius 2 is 2.06 bits per heavy atom. The molecule has 0 spiro atoms. The van der Waals surface area contributed by atoms with Gasteiger partial charge in [-0.1, -0.05) is 11.6 Å². The van der Waals surface area contributed by atoms with Gasteiger partial charge in [0.2, 0.25) is 0 Å². The summed E-state index contributed by atoms with van der Waals surface area (Å²) in [5.74, 6) is 0.382. The number of nitrogen functional groups attached to an aromatic ring is 1. The molecule has 1 aromatic rings. The molecule has 1 heterocycles. The van der Waals surface area contributed by atoms with Gasteiger partial charge in [0.25, 0.3) is 0 Å². The zero-order chi connectivity index (χ0) is 12.2. The monoisotopic (exact) mass is 253 g/mol. The highest BCUT2D eigenvalue weighted by atomic mass is 35.5. The van der Waals surface area contributed by atoms with E-state index < -0.39 is 12.6 Å². The molecule has 0 aromatic carbocycles. The van der Waals surface area contributed by atoms with Crippen molar-refractivity contribution in [3.05, 3.63) is 17.3 Å². The van der Waals surface area contributed by atoms with E-state index in [4.69, 9.17) is 17.3 Å². The van der Waals surface area contributed by atoms with Crippen molar-refractivity contribution >= 4 is 23.1 Å². The zero-order valence-electron chi connectivity index (χ0n) is 8.31. The average molecular weight is 254 g/mol. The number of rotatable bonds is 4. The molecule has 0 aliphatic carbocycles. The number of nitrogens with two attached hydrogens (primary N) is 1. The van der Waals surface area contributed by atoms with Gasteiger partial charge in [0.15, 0.2) is 0 Å². The lowest BCUT2D eigenvalue weighted by Gasteiger charge is -2.08. The van der Waals surface area contributed by atoms with Crippen molar-refractivity contribution in [2.75, 3.05) is 17.6 Å². The predicted molar refractivity (Wildman–Crippen MR) is 57.4 cm³/mol. The van der Waals surface area contributed by atoms with Gasteiger partial charge in [0.05, 0.1) is 0 Å². The number of hydrogen-bond donors (Lipinski definition) is 2. The highest BCUT2D eigenvalue weighted by Crippen LogP contribution is 2.21. The number of halogens is 4. The molecule has 0 amide bonds. The van der Waals surface area contributed by atoms with Gasteiger partial charge in [0, 0.05) is 24.7 Å². The van der Waals surface area contributed by atoms with E-state index in [-0.39, 0.29) is 18.1 Å². The molecule has 0 unspecified atom stereocenters. The van der Waals surface area contributed by atoms with E-state index >= 15 is 0 Å². The molecule has 1 aromatic heterocycles. The normalized spacial score (nSPS) is 11.5. The number of aromatic nitrogens is 1. The SMILES string of the molecule is Nc1cc(Cl)nc(NCCCC(F)(F)F)c1. The molecular weight excluding hydrogens is 243 g/mol. The van der Waals surface area contributed by atoms with E-state index in [1.54, 1.807) is 0 Å². The first kappa shape index (κ1) is 12.9. The maximum Gasteiger partial charge on any atom is 0.389 e. The maximum atomic E-state index is 11.8. The van der Waals surface area contributed by atoms with E-state index in [2.05, 4.69) is 10.3 Å². The van der Waals surface area contributed by atoms with Crippen molar-refractivity contribution in [2.45, 2.75) is 19.0 Å². The number of hydrogen-bond acceptors (Lipinski definition) is 3. The molecule has 0 aliphatic rings. The fourth-order valence-corrected chi connectivity index (χ4v) is 1.33. The fraction of sp³-hybridized carbons (Fsp3) is 0.444. The van der Waals surface area contributed by atoms with E-state index in [9.17, 15) is 13.2 Å². The van der Waals surface area contributed by atoms with Crippen LogP contribution in [0.25, 0.3) is 0 Å². The van der Waals surface area contributed by atoms with Gasteiger partial charge in [-0.25, -0.2) is 4.98 Å². The Kier molecular flexibility index (Phi) is 4.23. The molecule has 0 saturated heterocycles. The summed E-state index contributed by atoms with van der Waals surface area (Å²) >= 11 is 5.62. The Morgan fingerprint density at radius 1 is 1.38 bits per heavy atom. The summed E-state index contributed by atoms with van der Waals surface area (Å²) in [6.07, 6.45) is -4.96. The minimum atomic E-state index is -4.12. The molecule has 90 valence electrons. The predicted octanol–water partition coefficient (Wildman–Crippen LogP) is 3.07. The van der Waals surface area contributed by atoms with Crippen LogP contribution in [0.1, 0.15) is 12.8 Å². The summed E-state index contributed by atoms with van der Waals surface area (Å²) in [6.45, 7) is 0.173. The topological polar surface area (TPSA) is 50.9 Å². The molecule has 1 rings (SSSR count). The average Bonchev–Trinajstić information content (AvgIpc) is 2.09. The largest absolute Gasteiger partial charge is 0.399 e. The summed E-state index contributed by atoms with van der Waals surface area (Å²) in [5, 5.41) is 2.93. The van der Waals surface area contributed by atoms with Crippen molar-refractivity contribution in [3.63, 3.8) is 0 Å². The second-order valence-corrected chi connectivity index (χ2v) is 3.64. The quantitative estimate of drug-likeness (QED) is 0.640. The van der Waals surface area contributed by atoms with Gasteiger partial charge < -0.3 is 11.1 Å². The fourth-order valence-electron chi connectivity index (χ4n) is 1.11. The van der Waals surface area contributed by atoms with E-state index in [0.29, 0.717) is 11.5 Å². The number of pyridine rings is 1. The summed E-state index contributed by atoms with van der Waals surface area (Å²) in [7, 11) is 0. The van der Waals surface area contributed by atoms with Gasteiger partial charge in [-0.05, 0) is 12.5 Å². The first-order valence-electron chi connectivity index (χ1n) is 4.60. The molecule has 0 bridgehead atoms. The smallest absolute Gasteiger partial charge is 0.389 e. The van der Waals surface area contributed by atoms with Crippen LogP contribution in [-0.4, -0.2) is 17.7 Å². The van der Waals surface area contributed by atoms with Crippen LogP contribution in [0.2, 0.25) is 5.15 Å². The molecule has 0 atom stereocenters. The lowest BCUT2D eigenvalue weighted by Crippen LogP contribution is -2.11. The molecule has 7 heteroatoms. The second kappa shape index (κ2) is 5.25. The van der Waals surface area contributed by atoms with Crippen molar-refractivity contribution in [3.8, 4) is 0 Å². The minimum Gasteiger partial charge on any atom is -0.399 e. The lowest BCUT2D eigenvalue weighted by atomic mass is 10.3. The number of nitrogens with zero attached hydrogens (tertiary/aromatic N) is 1. The Morgan fingerprint density at radius 3 is 2.62 bits per heavy atom. The summed E-state index contributed by atoms with van der Waals surface area (Å²) < 4.78 is 35.5. The Labute approximate surface area is 95.8 Å². The van der Waals surface area contributed by atoms with E-state index in [0.717, 1.165) is 0 Å². The van der Waals surface area contributed by atoms with Crippen LogP contribution in [0.5, 0.6) is 0 Å². The van der Waals surface area contributed by atoms with Gasteiger partial charge in [-0.3, -0.25) is 0 Å². The first-order chi connectivity index (χ1) is 7.37. The van der Waals surface area contributed by atoms with Crippen LogP contribution < -0.4 is 11.1 Å². The summed E-state index contributed by atoms with van der Waals surface area (Å²) in [5.41, 5.74) is 5.90. The number of alkyl halides is 3. The highest BCUT2D eigenvalue weighted by molar-refractivity contribution is 6.29. The molecular formula is C9H11ClF3N3. The van der Waals surface area contributed by atoms with Crippen LogP contribution in [0.4, 0.5) is 24.7 Å². The number of nitrogens with one attached hydrogen (secondary N) is 1. The Balaban J connectivity index is 2.37. The van der Waals surface area contributed by atoms with Crippen LogP contribution in [0, 0.1) is 0 Å². The van der Waals surface area contributed by atoms with Gasteiger partial charge >= 0.3 is 6.18 Å². The van der Waals surface area contributed by atoms with Crippen LogP contribution >= 0.6 is 11.6 Å².